The summed E-state index contributed by atoms with van der Waals surface area (Å²) in [5, 5.41) is 8.23. The molecule has 0 spiro atoms. The van der Waals surface area contributed by atoms with E-state index in [1.165, 1.54) is 0 Å². The van der Waals surface area contributed by atoms with Crippen molar-refractivity contribution in [1.29, 1.82) is 0 Å². The smallest absolute Gasteiger partial charge is 0.318 e. The Morgan fingerprint density at radius 1 is 0.964 bits per heavy atom. The third-order valence-electron chi connectivity index (χ3n) is 4.77. The summed E-state index contributed by atoms with van der Waals surface area (Å²) in [5.41, 5.74) is 2.73. The zero-order chi connectivity index (χ0) is 19.6. The first kappa shape index (κ1) is 18.6. The highest BCUT2D eigenvalue weighted by Crippen LogP contribution is 2.23. The number of piperazine rings is 1. The Hall–Kier alpha value is -2.71. The molecule has 8 heteroatoms. The number of rotatable bonds is 5. The van der Waals surface area contributed by atoms with E-state index in [-0.39, 0.29) is 5.75 Å². The van der Waals surface area contributed by atoms with Gasteiger partial charge in [0.1, 0.15) is 0 Å². The average molecular weight is 398 g/mol. The molecule has 2 heterocycles. The van der Waals surface area contributed by atoms with E-state index in [1.54, 1.807) is 4.31 Å². The van der Waals surface area contributed by atoms with Crippen LogP contribution in [0.25, 0.3) is 11.5 Å². The van der Waals surface area contributed by atoms with Gasteiger partial charge >= 0.3 is 6.01 Å². The first-order valence-corrected chi connectivity index (χ1v) is 10.8. The third kappa shape index (κ3) is 4.07. The molecule has 0 radical (unpaired) electrons. The van der Waals surface area contributed by atoms with Gasteiger partial charge in [0.2, 0.25) is 15.9 Å². The van der Waals surface area contributed by atoms with Crippen molar-refractivity contribution in [3.8, 4) is 11.5 Å². The molecule has 1 saturated heterocycles. The lowest BCUT2D eigenvalue weighted by Gasteiger charge is -2.32. The maximum atomic E-state index is 12.8. The molecule has 1 aliphatic heterocycles. The molecule has 4 rings (SSSR count). The van der Waals surface area contributed by atoms with Crippen molar-refractivity contribution in [2.24, 2.45) is 0 Å². The van der Waals surface area contributed by atoms with Crippen LogP contribution in [0.1, 0.15) is 11.1 Å². The van der Waals surface area contributed by atoms with Crippen molar-refractivity contribution >= 4 is 16.0 Å². The van der Waals surface area contributed by atoms with Gasteiger partial charge in [0.25, 0.3) is 0 Å². The first-order chi connectivity index (χ1) is 13.5. The quantitative estimate of drug-likeness (QED) is 0.657. The Balaban J connectivity index is 1.40. The third-order valence-corrected chi connectivity index (χ3v) is 6.62. The molecular weight excluding hydrogens is 376 g/mol. The highest BCUT2D eigenvalue weighted by Gasteiger charge is 2.29. The lowest BCUT2D eigenvalue weighted by molar-refractivity contribution is 0.372. The second-order valence-corrected chi connectivity index (χ2v) is 8.86. The minimum atomic E-state index is -3.36. The van der Waals surface area contributed by atoms with E-state index in [0.717, 1.165) is 16.7 Å². The van der Waals surface area contributed by atoms with Gasteiger partial charge in [-0.05, 0) is 24.6 Å². The molecule has 0 amide bonds. The fourth-order valence-corrected chi connectivity index (χ4v) is 4.81. The summed E-state index contributed by atoms with van der Waals surface area (Å²) in [5.74, 6) is 0.484. The molecule has 2 aromatic carbocycles. The van der Waals surface area contributed by atoms with Crippen LogP contribution >= 0.6 is 0 Å². The van der Waals surface area contributed by atoms with E-state index in [9.17, 15) is 8.42 Å². The highest BCUT2D eigenvalue weighted by atomic mass is 32.2. The minimum Gasteiger partial charge on any atom is -0.403 e. The Bertz CT molecular complexity index is 1040. The fraction of sp³-hybridized carbons (Fsp3) is 0.300. The van der Waals surface area contributed by atoms with Gasteiger partial charge in [-0.25, -0.2) is 8.42 Å². The molecule has 0 N–H and O–H groups in total. The Morgan fingerprint density at radius 2 is 1.71 bits per heavy atom. The molecular formula is C20H22N4O3S. The molecule has 0 saturated carbocycles. The van der Waals surface area contributed by atoms with E-state index in [4.69, 9.17) is 4.42 Å². The molecule has 1 fully saturated rings. The van der Waals surface area contributed by atoms with Gasteiger partial charge < -0.3 is 9.32 Å². The summed E-state index contributed by atoms with van der Waals surface area (Å²) >= 11 is 0. The zero-order valence-corrected chi connectivity index (χ0v) is 16.5. The van der Waals surface area contributed by atoms with Gasteiger partial charge in [0, 0.05) is 31.7 Å². The molecule has 1 aliphatic rings. The molecule has 3 aromatic rings. The predicted molar refractivity (Wildman–Crippen MR) is 107 cm³/mol. The SMILES string of the molecule is Cc1cccc(CS(=O)(=O)N2CCN(c3nnc(-c4ccccc4)o3)CC2)c1. The second kappa shape index (κ2) is 7.73. The number of benzene rings is 2. The van der Waals surface area contributed by atoms with Crippen molar-refractivity contribution in [2.75, 3.05) is 31.1 Å². The number of nitrogens with zero attached hydrogens (tertiary/aromatic N) is 4. The molecule has 0 unspecified atom stereocenters. The van der Waals surface area contributed by atoms with Crippen LogP contribution in [0.3, 0.4) is 0 Å². The lowest BCUT2D eigenvalue weighted by Crippen LogP contribution is -2.49. The largest absolute Gasteiger partial charge is 0.403 e. The molecule has 7 nitrogen and oxygen atoms in total. The maximum Gasteiger partial charge on any atom is 0.318 e. The molecule has 0 bridgehead atoms. The summed E-state index contributed by atoms with van der Waals surface area (Å²) < 4.78 is 32.8. The molecule has 146 valence electrons. The maximum absolute atomic E-state index is 12.8. The van der Waals surface area contributed by atoms with Crippen LogP contribution in [-0.2, 0) is 15.8 Å². The van der Waals surface area contributed by atoms with Gasteiger partial charge in [-0.2, -0.15) is 4.31 Å². The lowest BCUT2D eigenvalue weighted by atomic mass is 10.2. The van der Waals surface area contributed by atoms with Crippen LogP contribution in [-0.4, -0.2) is 49.1 Å². The summed E-state index contributed by atoms with van der Waals surface area (Å²) in [6.07, 6.45) is 0. The second-order valence-electron chi connectivity index (χ2n) is 6.89. The minimum absolute atomic E-state index is 0.0212. The normalized spacial score (nSPS) is 15.7. The standard InChI is InChI=1S/C20H22N4O3S/c1-16-6-5-7-17(14-16)15-28(25,26)24-12-10-23(11-13-24)20-22-21-19(27-20)18-8-3-2-4-9-18/h2-9,14H,10-13,15H2,1H3. The number of anilines is 1. The summed E-state index contributed by atoms with van der Waals surface area (Å²) in [6, 6.07) is 17.6. The molecule has 28 heavy (non-hydrogen) atoms. The van der Waals surface area contributed by atoms with Crippen LogP contribution in [0.15, 0.2) is 59.0 Å². The Morgan fingerprint density at radius 3 is 2.43 bits per heavy atom. The number of aryl methyl sites for hydroxylation is 1. The fourth-order valence-electron chi connectivity index (χ4n) is 3.30. The topological polar surface area (TPSA) is 79.5 Å². The van der Waals surface area contributed by atoms with Crippen LogP contribution in [0.2, 0.25) is 0 Å². The van der Waals surface area contributed by atoms with E-state index in [1.807, 2.05) is 66.4 Å². The van der Waals surface area contributed by atoms with Crippen LogP contribution in [0.5, 0.6) is 0 Å². The molecule has 1 aromatic heterocycles. The summed E-state index contributed by atoms with van der Waals surface area (Å²) in [6.45, 7) is 3.80. The number of hydrogen-bond donors (Lipinski definition) is 0. The van der Waals surface area contributed by atoms with Gasteiger partial charge in [-0.3, -0.25) is 0 Å². The first-order valence-electron chi connectivity index (χ1n) is 9.18. The zero-order valence-electron chi connectivity index (χ0n) is 15.7. The van der Waals surface area contributed by atoms with Crippen molar-refractivity contribution in [1.82, 2.24) is 14.5 Å². The number of aromatic nitrogens is 2. The van der Waals surface area contributed by atoms with E-state index in [0.29, 0.717) is 38.1 Å². The van der Waals surface area contributed by atoms with Crippen molar-refractivity contribution in [3.05, 3.63) is 65.7 Å². The van der Waals surface area contributed by atoms with E-state index < -0.39 is 10.0 Å². The average Bonchev–Trinajstić information content (AvgIpc) is 3.19. The summed E-state index contributed by atoms with van der Waals surface area (Å²) in [4.78, 5) is 1.93. The van der Waals surface area contributed by atoms with Crippen LogP contribution in [0, 0.1) is 6.92 Å². The van der Waals surface area contributed by atoms with Crippen LogP contribution < -0.4 is 4.90 Å². The van der Waals surface area contributed by atoms with Crippen molar-refractivity contribution < 1.29 is 12.8 Å². The molecule has 0 aliphatic carbocycles. The monoisotopic (exact) mass is 398 g/mol. The van der Waals surface area contributed by atoms with Crippen molar-refractivity contribution in [3.63, 3.8) is 0 Å². The van der Waals surface area contributed by atoms with Gasteiger partial charge in [0.05, 0.1) is 5.75 Å². The van der Waals surface area contributed by atoms with Gasteiger partial charge in [-0.15, -0.1) is 5.10 Å². The Labute approximate surface area is 164 Å². The van der Waals surface area contributed by atoms with E-state index in [2.05, 4.69) is 10.2 Å². The summed E-state index contributed by atoms with van der Waals surface area (Å²) in [7, 11) is -3.36. The van der Waals surface area contributed by atoms with Crippen molar-refractivity contribution in [2.45, 2.75) is 12.7 Å². The molecule has 0 atom stereocenters. The van der Waals surface area contributed by atoms with Gasteiger partial charge in [0.15, 0.2) is 0 Å². The predicted octanol–water partition coefficient (Wildman–Crippen LogP) is 2.70. The highest BCUT2D eigenvalue weighted by molar-refractivity contribution is 7.88. The number of hydrogen-bond acceptors (Lipinski definition) is 6. The Kier molecular flexibility index (Phi) is 5.15. The number of sulfonamides is 1. The van der Waals surface area contributed by atoms with Gasteiger partial charge in [-0.1, -0.05) is 53.1 Å². The van der Waals surface area contributed by atoms with Crippen LogP contribution in [0.4, 0.5) is 6.01 Å². The van der Waals surface area contributed by atoms with E-state index >= 15 is 0 Å².